The van der Waals surface area contributed by atoms with E-state index >= 15 is 0 Å². The van der Waals surface area contributed by atoms with Gasteiger partial charge in [0.15, 0.2) is 0 Å². The van der Waals surface area contributed by atoms with E-state index in [9.17, 15) is 41.0 Å². The number of amides is 1. The van der Waals surface area contributed by atoms with Gasteiger partial charge in [-0.15, -0.1) is 0 Å². The van der Waals surface area contributed by atoms with Gasteiger partial charge in [-0.3, -0.25) is 14.6 Å². The summed E-state index contributed by atoms with van der Waals surface area (Å²) in [5.41, 5.74) is -3.23. The number of hydrogen-bond acceptors (Lipinski definition) is 4. The van der Waals surface area contributed by atoms with Gasteiger partial charge in [-0.05, 0) is 47.7 Å². The molecule has 0 aliphatic rings. The molecule has 2 N–H and O–H groups in total. The molecule has 41 heavy (non-hydrogen) atoms. The number of aliphatic hydroxyl groups excluding tert-OH is 1. The lowest BCUT2D eigenvalue weighted by Gasteiger charge is -2.20. The van der Waals surface area contributed by atoms with E-state index in [0.717, 1.165) is 0 Å². The summed E-state index contributed by atoms with van der Waals surface area (Å²) >= 11 is 0. The molecule has 0 aliphatic heterocycles. The third-order valence-corrected chi connectivity index (χ3v) is 6.57. The van der Waals surface area contributed by atoms with Crippen LogP contribution in [-0.2, 0) is 25.4 Å². The van der Waals surface area contributed by atoms with E-state index in [2.05, 4.69) is 10.3 Å². The lowest BCUT2D eigenvalue weighted by molar-refractivity contribution is -0.143. The molecule has 0 aliphatic carbocycles. The van der Waals surface area contributed by atoms with Crippen LogP contribution in [0.5, 0.6) is 0 Å². The molecule has 12 heteroatoms. The molecule has 1 amide bonds. The number of carbonyl (C=O) groups is 1. The number of pyridine rings is 2. The summed E-state index contributed by atoms with van der Waals surface area (Å²) < 4.78 is 81.3. The Morgan fingerprint density at radius 2 is 1.61 bits per heavy atom. The first-order valence-corrected chi connectivity index (χ1v) is 12.6. The summed E-state index contributed by atoms with van der Waals surface area (Å²) in [5, 5.41) is 12.3. The second kappa shape index (κ2) is 11.7. The highest BCUT2D eigenvalue weighted by molar-refractivity contribution is 6.07. The zero-order valence-electron chi connectivity index (χ0n) is 21.7. The van der Waals surface area contributed by atoms with E-state index in [-0.39, 0.29) is 36.3 Å². The molecule has 2 aromatic heterocycles. The van der Waals surface area contributed by atoms with Crippen molar-refractivity contribution in [1.82, 2.24) is 14.9 Å². The number of benzene rings is 2. The Morgan fingerprint density at radius 3 is 2.20 bits per heavy atom. The Morgan fingerprint density at radius 1 is 0.976 bits per heavy atom. The predicted octanol–water partition coefficient (Wildman–Crippen LogP) is 6.05. The molecule has 0 unspecified atom stereocenters. The van der Waals surface area contributed by atoms with Crippen LogP contribution in [0, 0.1) is 5.92 Å². The fraction of sp³-hybridized carbons (Fsp3) is 0.276. The van der Waals surface area contributed by atoms with Crippen LogP contribution in [0.25, 0.3) is 22.0 Å². The van der Waals surface area contributed by atoms with Gasteiger partial charge in [0, 0.05) is 36.8 Å². The molecule has 0 spiro atoms. The van der Waals surface area contributed by atoms with Crippen molar-refractivity contribution < 1.29 is 36.2 Å². The fourth-order valence-corrected chi connectivity index (χ4v) is 4.44. The molecule has 4 aromatic rings. The number of nitrogens with zero attached hydrogens (tertiary/aromatic N) is 2. The zero-order valence-corrected chi connectivity index (χ0v) is 21.7. The lowest BCUT2D eigenvalue weighted by atomic mass is 9.97. The first kappa shape index (κ1) is 29.8. The number of aliphatic hydroxyl groups is 1. The maximum absolute atomic E-state index is 13.7. The minimum absolute atomic E-state index is 0.00254. The van der Waals surface area contributed by atoms with E-state index in [0.29, 0.717) is 35.1 Å². The molecule has 0 radical (unpaired) electrons. The van der Waals surface area contributed by atoms with Crippen LogP contribution < -0.4 is 10.9 Å². The highest BCUT2D eigenvalue weighted by Crippen LogP contribution is 2.36. The van der Waals surface area contributed by atoms with E-state index in [1.54, 1.807) is 49.4 Å². The number of fused-ring (bicyclic) bond motifs is 1. The van der Waals surface area contributed by atoms with Crippen molar-refractivity contribution in [1.29, 1.82) is 0 Å². The average molecular weight is 578 g/mol. The van der Waals surface area contributed by atoms with Crippen molar-refractivity contribution >= 4 is 16.8 Å². The highest BCUT2D eigenvalue weighted by atomic mass is 19.4. The smallest absolute Gasteiger partial charge is 0.396 e. The molecule has 2 heterocycles. The molecular weight excluding hydrogens is 552 g/mol. The van der Waals surface area contributed by atoms with Gasteiger partial charge in [0.2, 0.25) is 0 Å². The van der Waals surface area contributed by atoms with E-state index in [1.807, 2.05) is 0 Å². The van der Waals surface area contributed by atoms with Gasteiger partial charge in [-0.2, -0.15) is 26.3 Å². The fourth-order valence-electron chi connectivity index (χ4n) is 4.44. The van der Waals surface area contributed by atoms with Crippen LogP contribution in [-0.4, -0.2) is 27.2 Å². The average Bonchev–Trinajstić information content (AvgIpc) is 2.94. The largest absolute Gasteiger partial charge is 0.416 e. The molecular formula is C29H25F6N3O3. The summed E-state index contributed by atoms with van der Waals surface area (Å²) in [6, 6.07) is 12.8. The standard InChI is InChI=1S/C29H25F6N3O3/c1-17(16-39)9-11-38-25(23(19-6-3-2-4-7-19)22-8-5-10-36-24(22)27(38)41)26(40)37-15-18-12-20(28(30,31)32)14-21(13-18)29(33,34)35/h2-8,10,12-14,17,39H,9,11,15-16H2,1H3,(H,37,40)/t17-/m0/s1. The molecule has 0 saturated carbocycles. The van der Waals surface area contributed by atoms with Gasteiger partial charge in [0.25, 0.3) is 11.5 Å². The first-order valence-electron chi connectivity index (χ1n) is 12.6. The van der Waals surface area contributed by atoms with Gasteiger partial charge < -0.3 is 15.0 Å². The molecule has 6 nitrogen and oxygen atoms in total. The number of rotatable bonds is 8. The van der Waals surface area contributed by atoms with Crippen molar-refractivity contribution in [2.24, 2.45) is 5.92 Å². The van der Waals surface area contributed by atoms with Crippen molar-refractivity contribution in [3.63, 3.8) is 0 Å². The Bertz CT molecular complexity index is 1580. The maximum Gasteiger partial charge on any atom is 0.416 e. The van der Waals surface area contributed by atoms with Gasteiger partial charge in [0.1, 0.15) is 11.2 Å². The van der Waals surface area contributed by atoms with Crippen molar-refractivity contribution in [2.45, 2.75) is 38.8 Å². The minimum atomic E-state index is -5.05. The molecule has 2 aromatic carbocycles. The molecule has 0 fully saturated rings. The van der Waals surface area contributed by atoms with Crippen LogP contribution in [0.4, 0.5) is 26.3 Å². The normalized spacial score (nSPS) is 12.9. The summed E-state index contributed by atoms with van der Waals surface area (Å²) in [6.45, 7) is 0.891. The number of aromatic nitrogens is 2. The summed E-state index contributed by atoms with van der Waals surface area (Å²) in [4.78, 5) is 31.5. The van der Waals surface area contributed by atoms with Gasteiger partial charge in [0.05, 0.1) is 11.1 Å². The molecule has 0 bridgehead atoms. The number of nitrogens with one attached hydrogen (secondary N) is 1. The number of carbonyl (C=O) groups excluding carboxylic acids is 1. The van der Waals surface area contributed by atoms with Crippen LogP contribution >= 0.6 is 0 Å². The van der Waals surface area contributed by atoms with E-state index in [1.165, 1.54) is 10.8 Å². The van der Waals surface area contributed by atoms with Crippen LogP contribution in [0.15, 0.2) is 71.7 Å². The van der Waals surface area contributed by atoms with Crippen LogP contribution in [0.1, 0.15) is 40.5 Å². The second-order valence-electron chi connectivity index (χ2n) is 9.62. The van der Waals surface area contributed by atoms with Crippen molar-refractivity contribution in [3.05, 3.63) is 99.6 Å². The maximum atomic E-state index is 13.7. The topological polar surface area (TPSA) is 84.2 Å². The first-order chi connectivity index (χ1) is 19.3. The van der Waals surface area contributed by atoms with Crippen molar-refractivity contribution in [2.75, 3.05) is 6.61 Å². The van der Waals surface area contributed by atoms with E-state index in [4.69, 9.17) is 0 Å². The third-order valence-electron chi connectivity index (χ3n) is 6.57. The second-order valence-corrected chi connectivity index (χ2v) is 9.62. The summed E-state index contributed by atoms with van der Waals surface area (Å²) in [5.74, 6) is -1.11. The number of alkyl halides is 6. The summed E-state index contributed by atoms with van der Waals surface area (Å²) in [6.07, 6.45) is -8.37. The third kappa shape index (κ3) is 6.59. The minimum Gasteiger partial charge on any atom is -0.396 e. The highest BCUT2D eigenvalue weighted by Gasteiger charge is 2.37. The predicted molar refractivity (Wildman–Crippen MR) is 140 cm³/mol. The van der Waals surface area contributed by atoms with Gasteiger partial charge in [-0.1, -0.05) is 43.3 Å². The van der Waals surface area contributed by atoms with Crippen molar-refractivity contribution in [3.8, 4) is 11.1 Å². The lowest BCUT2D eigenvalue weighted by Crippen LogP contribution is -2.34. The van der Waals surface area contributed by atoms with Crippen LogP contribution in [0.2, 0.25) is 0 Å². The monoisotopic (exact) mass is 577 g/mol. The Kier molecular flexibility index (Phi) is 8.52. The molecule has 1 atom stereocenters. The quantitative estimate of drug-likeness (QED) is 0.250. The molecule has 4 rings (SSSR count). The van der Waals surface area contributed by atoms with Gasteiger partial charge >= 0.3 is 12.4 Å². The SMILES string of the molecule is C[C@H](CO)CCn1c(C(=O)NCc2cc(C(F)(F)F)cc(C(F)(F)F)c2)c(-c2ccccc2)c2cccnc2c1=O. The van der Waals surface area contributed by atoms with E-state index < -0.39 is 47.1 Å². The summed E-state index contributed by atoms with van der Waals surface area (Å²) in [7, 11) is 0. The van der Waals surface area contributed by atoms with Gasteiger partial charge in [-0.25, -0.2) is 0 Å². The Labute approximate surface area is 230 Å². The number of halogens is 6. The zero-order chi connectivity index (χ0) is 29.9. The molecule has 0 saturated heterocycles. The van der Waals surface area contributed by atoms with Crippen LogP contribution in [0.3, 0.4) is 0 Å². The Balaban J connectivity index is 1.85. The molecule has 216 valence electrons. The number of hydrogen-bond donors (Lipinski definition) is 2. The Hall–Kier alpha value is -4.19.